The molecule has 1 fully saturated rings. The molecule has 1 heterocycles. The molecule has 2 aromatic rings. The number of benzene rings is 2. The van der Waals surface area contributed by atoms with Gasteiger partial charge >= 0.3 is 12.1 Å². The van der Waals surface area contributed by atoms with Gasteiger partial charge in [0, 0.05) is 19.2 Å². The summed E-state index contributed by atoms with van der Waals surface area (Å²) >= 11 is 0. The smallest absolute Gasteiger partial charge is 0.412 e. The summed E-state index contributed by atoms with van der Waals surface area (Å²) in [5.41, 5.74) is 1.72. The third kappa shape index (κ3) is 7.66. The first kappa shape index (κ1) is 26.9. The van der Waals surface area contributed by atoms with Crippen molar-refractivity contribution >= 4 is 35.4 Å². The van der Waals surface area contributed by atoms with E-state index >= 15 is 0 Å². The molecule has 192 valence electrons. The first-order chi connectivity index (χ1) is 17.1. The second-order valence-corrected chi connectivity index (χ2v) is 9.52. The second kappa shape index (κ2) is 11.8. The van der Waals surface area contributed by atoms with E-state index in [1.807, 2.05) is 17.0 Å². The summed E-state index contributed by atoms with van der Waals surface area (Å²) in [6.07, 6.45) is 2.57. The van der Waals surface area contributed by atoms with Crippen molar-refractivity contribution in [1.82, 2.24) is 4.90 Å². The second-order valence-electron chi connectivity index (χ2n) is 9.52. The number of anilines is 2. The zero-order valence-corrected chi connectivity index (χ0v) is 21.0. The van der Waals surface area contributed by atoms with Gasteiger partial charge in [0.25, 0.3) is 0 Å². The molecule has 0 bridgehead atoms. The molecule has 9 nitrogen and oxygen atoms in total. The summed E-state index contributed by atoms with van der Waals surface area (Å²) < 4.78 is 10.2. The number of methoxy groups -OCH3 is 1. The van der Waals surface area contributed by atoms with E-state index in [4.69, 9.17) is 9.47 Å². The van der Waals surface area contributed by atoms with Crippen molar-refractivity contribution in [3.05, 3.63) is 65.7 Å². The summed E-state index contributed by atoms with van der Waals surface area (Å²) in [6.45, 7) is 6.32. The van der Waals surface area contributed by atoms with Crippen molar-refractivity contribution < 1.29 is 29.0 Å². The highest BCUT2D eigenvalue weighted by atomic mass is 16.6. The van der Waals surface area contributed by atoms with Crippen molar-refractivity contribution in [2.24, 2.45) is 0 Å². The van der Waals surface area contributed by atoms with E-state index in [0.29, 0.717) is 30.9 Å². The first-order valence-electron chi connectivity index (χ1n) is 11.7. The molecule has 0 radical (unpaired) electrons. The van der Waals surface area contributed by atoms with Gasteiger partial charge < -0.3 is 19.9 Å². The predicted molar refractivity (Wildman–Crippen MR) is 137 cm³/mol. The molecule has 1 aliphatic heterocycles. The molecule has 3 N–H and O–H groups in total. The predicted octanol–water partition coefficient (Wildman–Crippen LogP) is 3.97. The maximum Gasteiger partial charge on any atom is 0.412 e. The molecule has 0 spiro atoms. The molecule has 36 heavy (non-hydrogen) atoms. The van der Waals surface area contributed by atoms with Crippen molar-refractivity contribution in [2.75, 3.05) is 30.8 Å². The molecule has 0 saturated carbocycles. The van der Waals surface area contributed by atoms with Crippen LogP contribution in [0, 0.1) is 0 Å². The van der Waals surface area contributed by atoms with Crippen molar-refractivity contribution in [3.63, 3.8) is 0 Å². The van der Waals surface area contributed by atoms with Crippen molar-refractivity contribution in [2.45, 2.75) is 44.9 Å². The van der Waals surface area contributed by atoms with E-state index in [1.54, 1.807) is 63.2 Å². The Bertz CT molecular complexity index is 1110. The van der Waals surface area contributed by atoms with Crippen LogP contribution in [0.15, 0.2) is 54.6 Å². The summed E-state index contributed by atoms with van der Waals surface area (Å²) in [4.78, 5) is 38.9. The van der Waals surface area contributed by atoms with Crippen LogP contribution in [0.2, 0.25) is 0 Å². The maximum atomic E-state index is 12.5. The molecule has 1 aliphatic rings. The van der Waals surface area contributed by atoms with Crippen LogP contribution < -0.4 is 10.6 Å². The minimum Gasteiger partial charge on any atom is -0.468 e. The number of nitrogens with zero attached hydrogens (tertiary/aromatic N) is 1. The monoisotopic (exact) mass is 495 g/mol. The van der Waals surface area contributed by atoms with Crippen LogP contribution in [0.3, 0.4) is 0 Å². The van der Waals surface area contributed by atoms with Crippen molar-refractivity contribution in [1.29, 1.82) is 0 Å². The van der Waals surface area contributed by atoms with Crippen LogP contribution in [0.4, 0.5) is 16.2 Å². The number of hydrogen-bond acceptors (Lipinski definition) is 7. The fraction of sp³-hybridized carbons (Fsp3) is 0.370. The number of para-hydroxylation sites is 2. The highest BCUT2D eigenvalue weighted by Gasteiger charge is 2.33. The zero-order valence-electron chi connectivity index (χ0n) is 21.0. The lowest BCUT2D eigenvalue weighted by Gasteiger charge is -2.25. The van der Waals surface area contributed by atoms with Crippen LogP contribution in [0.5, 0.6) is 0 Å². The highest BCUT2D eigenvalue weighted by molar-refractivity contribution is 6.05. The number of aliphatic hydroxyl groups excluding tert-OH is 1. The van der Waals surface area contributed by atoms with E-state index in [1.165, 1.54) is 13.2 Å². The zero-order chi connectivity index (χ0) is 26.3. The fourth-order valence-electron chi connectivity index (χ4n) is 3.86. The Morgan fingerprint density at radius 2 is 1.69 bits per heavy atom. The Hall–Kier alpha value is -3.69. The number of esters is 1. The number of likely N-dealkylation sites (tertiary alicyclic amines) is 1. The number of β-amino-alcohol motifs (C(OH)–C–C–N with tert-alkyl or cyclic N) is 1. The molecule has 1 saturated heterocycles. The Kier molecular flexibility index (Phi) is 8.84. The minimum atomic E-state index is -0.646. The molecule has 2 atom stereocenters. The van der Waals surface area contributed by atoms with Crippen LogP contribution in [-0.2, 0) is 19.1 Å². The lowest BCUT2D eigenvalue weighted by atomic mass is 10.0. The molecule has 0 aromatic heterocycles. The summed E-state index contributed by atoms with van der Waals surface area (Å²) in [5.74, 6) is -0.763. The Balaban J connectivity index is 1.65. The maximum absolute atomic E-state index is 12.5. The third-order valence-electron chi connectivity index (χ3n) is 5.48. The van der Waals surface area contributed by atoms with Gasteiger partial charge in [-0.1, -0.05) is 36.4 Å². The topological polar surface area (TPSA) is 117 Å². The van der Waals surface area contributed by atoms with Crippen LogP contribution in [0.1, 0.15) is 44.4 Å². The Morgan fingerprint density at radius 3 is 2.25 bits per heavy atom. The summed E-state index contributed by atoms with van der Waals surface area (Å²) in [6, 6.07) is 13.5. The molecular weight excluding hydrogens is 462 g/mol. The highest BCUT2D eigenvalue weighted by Crippen LogP contribution is 2.27. The van der Waals surface area contributed by atoms with Gasteiger partial charge in [0.1, 0.15) is 11.6 Å². The molecule has 2 aromatic carbocycles. The lowest BCUT2D eigenvalue weighted by Crippen LogP contribution is -2.33. The number of carbonyl (C=O) groups is 3. The van der Waals surface area contributed by atoms with Crippen molar-refractivity contribution in [3.8, 4) is 0 Å². The molecule has 0 aliphatic carbocycles. The Labute approximate surface area is 211 Å². The lowest BCUT2D eigenvalue weighted by molar-refractivity contribution is -0.147. The number of aliphatic hydroxyl groups is 1. The van der Waals surface area contributed by atoms with Crippen LogP contribution in [0.25, 0.3) is 6.08 Å². The quantitative estimate of drug-likeness (QED) is 0.393. The van der Waals surface area contributed by atoms with Gasteiger partial charge in [-0.05, 0) is 56.5 Å². The summed E-state index contributed by atoms with van der Waals surface area (Å²) in [7, 11) is 1.35. The SMILES string of the molecule is COC(=O)C(c1ccc(C=CC(=O)Nc2ccccc2NC(=O)OC(C)(C)C)cc1)N1CC[C@H](O)C1. The van der Waals surface area contributed by atoms with Gasteiger partial charge in [0.05, 0.1) is 24.6 Å². The largest absolute Gasteiger partial charge is 0.468 e. The number of rotatable bonds is 7. The molecular formula is C27H33N3O6. The Morgan fingerprint density at radius 1 is 1.06 bits per heavy atom. The first-order valence-corrected chi connectivity index (χ1v) is 11.7. The third-order valence-corrected chi connectivity index (χ3v) is 5.48. The number of carbonyl (C=O) groups excluding carboxylic acids is 3. The minimum absolute atomic E-state index is 0.379. The molecule has 2 amide bonds. The van der Waals surface area contributed by atoms with Gasteiger partial charge in [0.15, 0.2) is 0 Å². The van der Waals surface area contributed by atoms with Crippen LogP contribution >= 0.6 is 0 Å². The summed E-state index contributed by atoms with van der Waals surface area (Å²) in [5, 5.41) is 15.3. The average Bonchev–Trinajstić information content (AvgIpc) is 3.24. The van der Waals surface area contributed by atoms with Gasteiger partial charge in [-0.3, -0.25) is 15.0 Å². The fourth-order valence-corrected chi connectivity index (χ4v) is 3.86. The normalized spacial score (nSPS) is 17.0. The van der Waals surface area contributed by atoms with E-state index in [0.717, 1.165) is 11.1 Å². The van der Waals surface area contributed by atoms with Gasteiger partial charge in [-0.15, -0.1) is 0 Å². The number of hydrogen-bond donors (Lipinski definition) is 3. The van der Waals surface area contributed by atoms with Gasteiger partial charge in [-0.2, -0.15) is 0 Å². The number of ether oxygens (including phenoxy) is 2. The number of nitrogens with one attached hydrogen (secondary N) is 2. The van der Waals surface area contributed by atoms with E-state index in [-0.39, 0.29) is 11.9 Å². The van der Waals surface area contributed by atoms with E-state index < -0.39 is 23.8 Å². The van der Waals surface area contributed by atoms with Crippen LogP contribution in [-0.4, -0.2) is 59.9 Å². The molecule has 1 unspecified atom stereocenters. The average molecular weight is 496 g/mol. The molecule has 9 heteroatoms. The van der Waals surface area contributed by atoms with E-state index in [2.05, 4.69) is 10.6 Å². The standard InChI is InChI=1S/C27H33N3O6/c1-27(2,3)36-26(34)29-22-8-6-5-7-21(22)28-23(32)14-11-18-9-12-19(13-10-18)24(25(33)35-4)30-16-15-20(31)17-30/h5-14,20,24,31H,15-17H2,1-4H3,(H,28,32)(H,29,34)/t20-,24?/m0/s1. The van der Waals surface area contributed by atoms with E-state index in [9.17, 15) is 19.5 Å². The van der Waals surface area contributed by atoms with Gasteiger partial charge in [0.2, 0.25) is 5.91 Å². The molecule has 3 rings (SSSR count). The van der Waals surface area contributed by atoms with Gasteiger partial charge in [-0.25, -0.2) is 9.59 Å². The number of amides is 2.